The third-order valence-electron chi connectivity index (χ3n) is 4.94. The number of amides is 2. The Bertz CT molecular complexity index is 891. The summed E-state index contributed by atoms with van der Waals surface area (Å²) in [5.41, 5.74) is 0.0848. The number of rotatable bonds is 4. The predicted octanol–water partition coefficient (Wildman–Crippen LogP) is 4.87. The summed E-state index contributed by atoms with van der Waals surface area (Å²) >= 11 is 0. The van der Waals surface area contributed by atoms with Gasteiger partial charge in [-0.3, -0.25) is 4.79 Å². The largest absolute Gasteiger partial charge is 0.416 e. The van der Waals surface area contributed by atoms with Gasteiger partial charge in [-0.2, -0.15) is 13.2 Å². The molecular weight excluding hydrogens is 383 g/mol. The highest BCUT2D eigenvalue weighted by Gasteiger charge is 2.30. The lowest BCUT2D eigenvalue weighted by molar-refractivity contribution is -0.137. The fourth-order valence-electron chi connectivity index (χ4n) is 3.32. The van der Waals surface area contributed by atoms with Gasteiger partial charge >= 0.3 is 12.2 Å². The number of halogens is 3. The van der Waals surface area contributed by atoms with Crippen LogP contribution in [0.1, 0.15) is 28.8 Å². The number of likely N-dealkylation sites (tertiary alicyclic amines) is 1. The van der Waals surface area contributed by atoms with E-state index in [2.05, 4.69) is 15.5 Å². The number of nitrogens with zero attached hydrogens (tertiary/aromatic N) is 1. The quantitative estimate of drug-likeness (QED) is 0.713. The molecular formula is C21H22F3N3O2. The molecule has 0 atom stereocenters. The van der Waals surface area contributed by atoms with Crippen molar-refractivity contribution in [3.63, 3.8) is 0 Å². The van der Waals surface area contributed by atoms with Gasteiger partial charge in [-0.1, -0.05) is 18.2 Å². The van der Waals surface area contributed by atoms with Crippen LogP contribution in [-0.2, 0) is 6.18 Å². The van der Waals surface area contributed by atoms with Crippen LogP contribution >= 0.6 is 0 Å². The Balaban J connectivity index is 1.64. The highest BCUT2D eigenvalue weighted by molar-refractivity contribution is 6.02. The fourth-order valence-corrected chi connectivity index (χ4v) is 3.32. The van der Waals surface area contributed by atoms with Crippen molar-refractivity contribution in [2.24, 2.45) is 5.92 Å². The molecule has 0 spiro atoms. The van der Waals surface area contributed by atoms with Crippen molar-refractivity contribution < 1.29 is 22.8 Å². The van der Waals surface area contributed by atoms with Crippen LogP contribution in [0.15, 0.2) is 48.5 Å². The second kappa shape index (κ2) is 8.65. The molecule has 0 unspecified atom stereocenters. The maximum absolute atomic E-state index is 12.8. The number of urea groups is 1. The molecule has 8 heteroatoms. The zero-order valence-corrected chi connectivity index (χ0v) is 15.9. The van der Waals surface area contributed by atoms with E-state index in [0.29, 0.717) is 11.3 Å². The van der Waals surface area contributed by atoms with Gasteiger partial charge in [-0.05, 0) is 63.3 Å². The number of Topliss-reactive ketones (excluding diaryl/α,β-unsaturated/α-hetero) is 1. The first-order chi connectivity index (χ1) is 13.7. The van der Waals surface area contributed by atoms with E-state index in [1.807, 2.05) is 7.05 Å². The molecule has 29 heavy (non-hydrogen) atoms. The number of alkyl halides is 3. The molecule has 0 bridgehead atoms. The summed E-state index contributed by atoms with van der Waals surface area (Å²) in [6.45, 7) is 1.74. The number of ketones is 1. The predicted molar refractivity (Wildman–Crippen MR) is 105 cm³/mol. The van der Waals surface area contributed by atoms with Gasteiger partial charge in [-0.25, -0.2) is 4.79 Å². The molecule has 2 N–H and O–H groups in total. The molecule has 0 saturated carbocycles. The van der Waals surface area contributed by atoms with Crippen molar-refractivity contribution in [2.75, 3.05) is 30.8 Å². The van der Waals surface area contributed by atoms with Gasteiger partial charge in [-0.15, -0.1) is 0 Å². The summed E-state index contributed by atoms with van der Waals surface area (Å²) in [5.74, 6) is 0.000390. The Kier molecular flexibility index (Phi) is 6.22. The third kappa shape index (κ3) is 5.57. The molecule has 1 fully saturated rings. The molecule has 1 aliphatic heterocycles. The number of nitrogens with one attached hydrogen (secondary N) is 2. The van der Waals surface area contributed by atoms with E-state index in [0.717, 1.165) is 38.1 Å². The number of hydrogen-bond acceptors (Lipinski definition) is 3. The van der Waals surface area contributed by atoms with Gasteiger partial charge in [0.25, 0.3) is 0 Å². The molecule has 2 aromatic carbocycles. The van der Waals surface area contributed by atoms with Crippen LogP contribution in [0.25, 0.3) is 0 Å². The monoisotopic (exact) mass is 405 g/mol. The van der Waals surface area contributed by atoms with Crippen molar-refractivity contribution in [1.29, 1.82) is 0 Å². The van der Waals surface area contributed by atoms with Crippen LogP contribution in [-0.4, -0.2) is 36.9 Å². The van der Waals surface area contributed by atoms with Gasteiger partial charge in [0.1, 0.15) is 0 Å². The lowest BCUT2D eigenvalue weighted by Crippen LogP contribution is -2.33. The summed E-state index contributed by atoms with van der Waals surface area (Å²) in [5, 5.41) is 4.94. The molecule has 0 aliphatic carbocycles. The summed E-state index contributed by atoms with van der Waals surface area (Å²) in [7, 11) is 2.02. The molecule has 1 aliphatic rings. The highest BCUT2D eigenvalue weighted by atomic mass is 19.4. The Morgan fingerprint density at radius 1 is 0.966 bits per heavy atom. The highest BCUT2D eigenvalue weighted by Crippen LogP contribution is 2.30. The Hall–Kier alpha value is -2.87. The van der Waals surface area contributed by atoms with Gasteiger partial charge in [0.15, 0.2) is 5.78 Å². The molecule has 1 heterocycles. The molecule has 0 radical (unpaired) electrons. The summed E-state index contributed by atoms with van der Waals surface area (Å²) in [6.07, 6.45) is -2.90. The van der Waals surface area contributed by atoms with Crippen LogP contribution in [0, 0.1) is 5.92 Å². The normalized spacial score (nSPS) is 15.7. The lowest BCUT2D eigenvalue weighted by atomic mass is 9.89. The van der Waals surface area contributed by atoms with E-state index in [9.17, 15) is 22.8 Å². The molecule has 5 nitrogen and oxygen atoms in total. The van der Waals surface area contributed by atoms with Crippen LogP contribution in [0.5, 0.6) is 0 Å². The van der Waals surface area contributed by atoms with Crippen molar-refractivity contribution in [2.45, 2.75) is 19.0 Å². The third-order valence-corrected chi connectivity index (χ3v) is 4.94. The maximum Gasteiger partial charge on any atom is 0.416 e. The minimum atomic E-state index is -4.49. The molecule has 2 amide bonds. The number of anilines is 2. The Morgan fingerprint density at radius 3 is 2.17 bits per heavy atom. The molecule has 0 aromatic heterocycles. The fraction of sp³-hybridized carbons (Fsp3) is 0.333. The summed E-state index contributed by atoms with van der Waals surface area (Å²) in [4.78, 5) is 27.1. The number of piperidine rings is 1. The first-order valence-corrected chi connectivity index (χ1v) is 9.30. The topological polar surface area (TPSA) is 61.4 Å². The molecule has 3 rings (SSSR count). The SMILES string of the molecule is CN1CCC(C(=O)c2cccc(NC(=O)Nc3cccc(C(F)(F)F)c3)c2)CC1. The van der Waals surface area contributed by atoms with Gasteiger partial charge < -0.3 is 15.5 Å². The average molecular weight is 405 g/mol. The van der Waals surface area contributed by atoms with E-state index in [4.69, 9.17) is 0 Å². The molecule has 1 saturated heterocycles. The van der Waals surface area contributed by atoms with Crippen molar-refractivity contribution in [1.82, 2.24) is 4.90 Å². The van der Waals surface area contributed by atoms with Crippen LogP contribution in [0.3, 0.4) is 0 Å². The Morgan fingerprint density at radius 2 is 1.55 bits per heavy atom. The first-order valence-electron chi connectivity index (χ1n) is 9.30. The van der Waals surface area contributed by atoms with Crippen molar-refractivity contribution in [3.8, 4) is 0 Å². The smallest absolute Gasteiger partial charge is 0.308 e. The van der Waals surface area contributed by atoms with E-state index >= 15 is 0 Å². The standard InChI is InChI=1S/C21H22F3N3O2/c1-27-10-8-14(9-11-27)19(28)15-4-2-6-17(12-15)25-20(29)26-18-7-3-5-16(13-18)21(22,23)24/h2-7,12-14H,8-11H2,1H3,(H2,25,26,29). The second-order valence-electron chi connectivity index (χ2n) is 7.18. The zero-order valence-electron chi connectivity index (χ0n) is 15.9. The van der Waals surface area contributed by atoms with Crippen LogP contribution in [0.2, 0.25) is 0 Å². The minimum Gasteiger partial charge on any atom is -0.308 e. The van der Waals surface area contributed by atoms with E-state index in [1.54, 1.807) is 24.3 Å². The van der Waals surface area contributed by atoms with E-state index < -0.39 is 17.8 Å². The Labute approximate surface area is 166 Å². The number of hydrogen-bond donors (Lipinski definition) is 2. The summed E-state index contributed by atoms with van der Waals surface area (Å²) in [6, 6.07) is 10.3. The van der Waals surface area contributed by atoms with Gasteiger partial charge in [0.05, 0.1) is 5.56 Å². The minimum absolute atomic E-state index is 0.0240. The number of carbonyl (C=O) groups is 2. The van der Waals surface area contributed by atoms with Crippen molar-refractivity contribution in [3.05, 3.63) is 59.7 Å². The van der Waals surface area contributed by atoms with Gasteiger partial charge in [0.2, 0.25) is 0 Å². The average Bonchev–Trinajstić information content (AvgIpc) is 2.67. The second-order valence-corrected chi connectivity index (χ2v) is 7.18. The zero-order chi connectivity index (χ0) is 21.0. The van der Waals surface area contributed by atoms with Crippen molar-refractivity contribution >= 4 is 23.2 Å². The van der Waals surface area contributed by atoms with Gasteiger partial charge in [0, 0.05) is 22.9 Å². The van der Waals surface area contributed by atoms with E-state index in [-0.39, 0.29) is 17.4 Å². The van der Waals surface area contributed by atoms with Crippen LogP contribution in [0.4, 0.5) is 29.3 Å². The lowest BCUT2D eigenvalue weighted by Gasteiger charge is -2.28. The maximum atomic E-state index is 12.8. The van der Waals surface area contributed by atoms with E-state index in [1.165, 1.54) is 12.1 Å². The number of carbonyl (C=O) groups excluding carboxylic acids is 2. The molecule has 154 valence electrons. The van der Waals surface area contributed by atoms with Crippen LogP contribution < -0.4 is 10.6 Å². The summed E-state index contributed by atoms with van der Waals surface area (Å²) < 4.78 is 38.4. The molecule has 2 aromatic rings. The first kappa shape index (κ1) is 20.9. The number of benzene rings is 2.